The summed E-state index contributed by atoms with van der Waals surface area (Å²) in [6.07, 6.45) is 9.30. The van der Waals surface area contributed by atoms with Gasteiger partial charge in [-0.1, -0.05) is 62.4 Å². The van der Waals surface area contributed by atoms with Crippen LogP contribution < -0.4 is 0 Å². The Morgan fingerprint density at radius 2 is 1.74 bits per heavy atom. The van der Waals surface area contributed by atoms with Crippen molar-refractivity contribution >= 4 is 22.9 Å². The second-order valence-electron chi connectivity index (χ2n) is 5.40. The van der Waals surface area contributed by atoms with Gasteiger partial charge in [-0.3, -0.25) is 0 Å². The fraction of sp³-hybridized carbons (Fsp3) is 0.263. The molecule has 19 heavy (non-hydrogen) atoms. The van der Waals surface area contributed by atoms with Gasteiger partial charge in [0.05, 0.1) is 0 Å². The van der Waals surface area contributed by atoms with E-state index in [1.807, 2.05) is 12.2 Å². The standard InChI is InChI=1S/C19H20/c1-3-14-13-16-11-7-8-12-18(16)19(17(14)4-2)15-9-5-6-10-15/h3-4,7-8,11-13,15H,1-2,5-6,9-10H2. The van der Waals surface area contributed by atoms with Crippen LogP contribution in [0.2, 0.25) is 0 Å². The molecule has 1 saturated carbocycles. The van der Waals surface area contributed by atoms with E-state index in [4.69, 9.17) is 0 Å². The molecule has 2 aromatic rings. The number of hydrogen-bond donors (Lipinski definition) is 0. The van der Waals surface area contributed by atoms with Crippen LogP contribution in [0.1, 0.15) is 48.3 Å². The molecule has 0 heteroatoms. The highest BCUT2D eigenvalue weighted by Gasteiger charge is 2.22. The third-order valence-corrected chi connectivity index (χ3v) is 4.35. The van der Waals surface area contributed by atoms with Gasteiger partial charge in [0.15, 0.2) is 0 Å². The van der Waals surface area contributed by atoms with Gasteiger partial charge in [-0.05, 0) is 52.3 Å². The highest BCUT2D eigenvalue weighted by Crippen LogP contribution is 2.41. The summed E-state index contributed by atoms with van der Waals surface area (Å²) in [7, 11) is 0. The topological polar surface area (TPSA) is 0 Å². The molecule has 0 amide bonds. The summed E-state index contributed by atoms with van der Waals surface area (Å²) < 4.78 is 0. The van der Waals surface area contributed by atoms with Crippen LogP contribution in [0.25, 0.3) is 22.9 Å². The Kier molecular flexibility index (Phi) is 3.25. The number of rotatable bonds is 3. The molecule has 0 spiro atoms. The summed E-state index contributed by atoms with van der Waals surface area (Å²) in [4.78, 5) is 0. The van der Waals surface area contributed by atoms with Crippen LogP contribution in [0.4, 0.5) is 0 Å². The molecule has 3 rings (SSSR count). The van der Waals surface area contributed by atoms with Gasteiger partial charge in [-0.25, -0.2) is 0 Å². The smallest absolute Gasteiger partial charge is 0.0143 e. The van der Waals surface area contributed by atoms with Crippen molar-refractivity contribution in [1.82, 2.24) is 0 Å². The predicted octanol–water partition coefficient (Wildman–Crippen LogP) is 5.78. The molecule has 0 radical (unpaired) electrons. The quantitative estimate of drug-likeness (QED) is 0.645. The Morgan fingerprint density at radius 3 is 2.42 bits per heavy atom. The highest BCUT2D eigenvalue weighted by molar-refractivity contribution is 5.92. The van der Waals surface area contributed by atoms with E-state index in [2.05, 4.69) is 43.5 Å². The van der Waals surface area contributed by atoms with E-state index >= 15 is 0 Å². The van der Waals surface area contributed by atoms with Crippen LogP contribution in [0.5, 0.6) is 0 Å². The fourth-order valence-corrected chi connectivity index (χ4v) is 3.47. The molecule has 0 nitrogen and oxygen atoms in total. The average molecular weight is 248 g/mol. The van der Waals surface area contributed by atoms with Crippen LogP contribution in [-0.4, -0.2) is 0 Å². The molecule has 0 aliphatic heterocycles. The Balaban J connectivity index is 2.35. The molecule has 0 unspecified atom stereocenters. The van der Waals surface area contributed by atoms with Crippen molar-refractivity contribution in [2.45, 2.75) is 31.6 Å². The van der Waals surface area contributed by atoms with Crippen LogP contribution in [-0.2, 0) is 0 Å². The minimum absolute atomic E-state index is 0.692. The molecule has 0 aromatic heterocycles. The Bertz CT molecular complexity index is 628. The van der Waals surface area contributed by atoms with E-state index in [0.717, 1.165) is 0 Å². The summed E-state index contributed by atoms with van der Waals surface area (Å²) in [6, 6.07) is 10.9. The van der Waals surface area contributed by atoms with E-state index in [1.54, 1.807) is 0 Å². The van der Waals surface area contributed by atoms with Gasteiger partial charge < -0.3 is 0 Å². The fourth-order valence-electron chi connectivity index (χ4n) is 3.47. The maximum Gasteiger partial charge on any atom is -0.0143 e. The zero-order chi connectivity index (χ0) is 13.2. The third-order valence-electron chi connectivity index (χ3n) is 4.35. The van der Waals surface area contributed by atoms with Crippen molar-refractivity contribution in [3.05, 3.63) is 60.2 Å². The van der Waals surface area contributed by atoms with Crippen LogP contribution in [0, 0.1) is 0 Å². The predicted molar refractivity (Wildman–Crippen MR) is 85.3 cm³/mol. The van der Waals surface area contributed by atoms with Crippen molar-refractivity contribution in [1.29, 1.82) is 0 Å². The minimum atomic E-state index is 0.692. The summed E-state index contributed by atoms with van der Waals surface area (Å²) in [5.41, 5.74) is 4.01. The van der Waals surface area contributed by atoms with E-state index in [0.29, 0.717) is 5.92 Å². The number of benzene rings is 2. The first-order valence-electron chi connectivity index (χ1n) is 7.15. The van der Waals surface area contributed by atoms with Crippen molar-refractivity contribution < 1.29 is 0 Å². The largest absolute Gasteiger partial charge is 0.0984 e. The molecule has 1 aliphatic rings. The van der Waals surface area contributed by atoms with Gasteiger partial charge in [0.1, 0.15) is 0 Å². The molecule has 2 aromatic carbocycles. The zero-order valence-corrected chi connectivity index (χ0v) is 11.4. The SMILES string of the molecule is C=Cc1cc2ccccc2c(C2CCCC2)c1C=C. The van der Waals surface area contributed by atoms with E-state index < -0.39 is 0 Å². The molecule has 0 N–H and O–H groups in total. The lowest BCUT2D eigenvalue weighted by Crippen LogP contribution is -2.00. The molecule has 0 heterocycles. The Hall–Kier alpha value is -1.82. The van der Waals surface area contributed by atoms with E-state index in [9.17, 15) is 0 Å². The molecular weight excluding hydrogens is 228 g/mol. The minimum Gasteiger partial charge on any atom is -0.0984 e. The van der Waals surface area contributed by atoms with Gasteiger partial charge in [-0.2, -0.15) is 0 Å². The molecular formula is C19H20. The van der Waals surface area contributed by atoms with Crippen LogP contribution in [0.3, 0.4) is 0 Å². The van der Waals surface area contributed by atoms with Gasteiger partial charge >= 0.3 is 0 Å². The summed E-state index contributed by atoms with van der Waals surface area (Å²) in [6.45, 7) is 8.00. The average Bonchev–Trinajstić information content (AvgIpc) is 2.98. The molecule has 0 atom stereocenters. The summed E-state index contributed by atoms with van der Waals surface area (Å²) >= 11 is 0. The molecule has 1 fully saturated rings. The van der Waals surface area contributed by atoms with Gasteiger partial charge in [0, 0.05) is 0 Å². The maximum atomic E-state index is 4.03. The monoisotopic (exact) mass is 248 g/mol. The van der Waals surface area contributed by atoms with E-state index in [1.165, 1.54) is 53.1 Å². The second kappa shape index (κ2) is 5.05. The molecule has 1 aliphatic carbocycles. The van der Waals surface area contributed by atoms with Gasteiger partial charge in [-0.15, -0.1) is 0 Å². The Labute approximate surface area is 115 Å². The van der Waals surface area contributed by atoms with Gasteiger partial charge in [0.2, 0.25) is 0 Å². The van der Waals surface area contributed by atoms with Crippen molar-refractivity contribution in [2.75, 3.05) is 0 Å². The third kappa shape index (κ3) is 2.02. The lowest BCUT2D eigenvalue weighted by atomic mass is 9.85. The summed E-state index contributed by atoms with van der Waals surface area (Å²) in [5.74, 6) is 0.692. The number of hydrogen-bond acceptors (Lipinski definition) is 0. The normalized spacial score (nSPS) is 15.8. The van der Waals surface area contributed by atoms with E-state index in [-0.39, 0.29) is 0 Å². The zero-order valence-electron chi connectivity index (χ0n) is 11.4. The highest BCUT2D eigenvalue weighted by atomic mass is 14.3. The second-order valence-corrected chi connectivity index (χ2v) is 5.40. The van der Waals surface area contributed by atoms with Crippen molar-refractivity contribution in [3.8, 4) is 0 Å². The van der Waals surface area contributed by atoms with Crippen LogP contribution >= 0.6 is 0 Å². The molecule has 0 saturated heterocycles. The first-order chi connectivity index (χ1) is 9.35. The van der Waals surface area contributed by atoms with Crippen molar-refractivity contribution in [3.63, 3.8) is 0 Å². The van der Waals surface area contributed by atoms with Crippen LogP contribution in [0.15, 0.2) is 43.5 Å². The Morgan fingerprint density at radius 1 is 1.00 bits per heavy atom. The van der Waals surface area contributed by atoms with Crippen molar-refractivity contribution in [2.24, 2.45) is 0 Å². The molecule has 96 valence electrons. The first-order valence-corrected chi connectivity index (χ1v) is 7.15. The lowest BCUT2D eigenvalue weighted by Gasteiger charge is -2.19. The van der Waals surface area contributed by atoms with Gasteiger partial charge in [0.25, 0.3) is 0 Å². The lowest BCUT2D eigenvalue weighted by molar-refractivity contribution is 0.728. The molecule has 0 bridgehead atoms. The maximum absolute atomic E-state index is 4.03. The first kappa shape index (κ1) is 12.2. The number of fused-ring (bicyclic) bond motifs is 1. The summed E-state index contributed by atoms with van der Waals surface area (Å²) in [5, 5.41) is 2.72.